The van der Waals surface area contributed by atoms with E-state index in [-0.39, 0.29) is 22.6 Å². The highest BCUT2D eigenvalue weighted by Gasteiger charge is 2.41. The molecule has 0 bridgehead atoms. The molecule has 1 aromatic carbocycles. The van der Waals surface area contributed by atoms with Gasteiger partial charge in [-0.25, -0.2) is 0 Å². The van der Waals surface area contributed by atoms with Gasteiger partial charge in [-0.15, -0.1) is 0 Å². The monoisotopic (exact) mass is 250 g/mol. The number of hydrogen-bond acceptors (Lipinski definition) is 4. The average molecular weight is 250 g/mol. The molecule has 0 heterocycles. The maximum atomic E-state index is 10.5. The molecule has 0 atom stereocenters. The number of aliphatic hydroxyl groups excluding tert-OH is 1. The van der Waals surface area contributed by atoms with Gasteiger partial charge < -0.3 is 10.4 Å². The maximum absolute atomic E-state index is 10.5. The SMILES string of the molecule is O=[N+]([O-])c1ccc(CCNCC2(CO)CC2)cc1. The van der Waals surface area contributed by atoms with Gasteiger partial charge in [-0.1, -0.05) is 12.1 Å². The van der Waals surface area contributed by atoms with Gasteiger partial charge in [0, 0.05) is 30.7 Å². The molecule has 1 aromatic rings. The number of benzene rings is 1. The minimum atomic E-state index is -0.389. The second-order valence-electron chi connectivity index (χ2n) is 5.01. The van der Waals surface area contributed by atoms with Crippen LogP contribution in [0.15, 0.2) is 24.3 Å². The summed E-state index contributed by atoms with van der Waals surface area (Å²) in [6.45, 7) is 1.95. The highest BCUT2D eigenvalue weighted by Crippen LogP contribution is 2.44. The van der Waals surface area contributed by atoms with Gasteiger partial charge in [0.15, 0.2) is 0 Å². The summed E-state index contributed by atoms with van der Waals surface area (Å²) in [6.07, 6.45) is 3.06. The zero-order valence-electron chi connectivity index (χ0n) is 10.3. The second-order valence-corrected chi connectivity index (χ2v) is 5.01. The van der Waals surface area contributed by atoms with E-state index in [9.17, 15) is 10.1 Å². The fraction of sp³-hybridized carbons (Fsp3) is 0.538. The third kappa shape index (κ3) is 3.27. The summed E-state index contributed by atoms with van der Waals surface area (Å²) >= 11 is 0. The van der Waals surface area contributed by atoms with E-state index in [4.69, 9.17) is 5.11 Å². The van der Waals surface area contributed by atoms with E-state index in [0.29, 0.717) is 0 Å². The first kappa shape index (κ1) is 13.0. The fourth-order valence-electron chi connectivity index (χ4n) is 1.94. The lowest BCUT2D eigenvalue weighted by atomic mass is 10.1. The summed E-state index contributed by atoms with van der Waals surface area (Å²) in [5.74, 6) is 0. The Morgan fingerprint density at radius 3 is 2.50 bits per heavy atom. The molecule has 2 rings (SSSR count). The standard InChI is InChI=1S/C13H18N2O3/c16-10-13(6-7-13)9-14-8-5-11-1-3-12(4-2-11)15(17)18/h1-4,14,16H,5-10H2. The van der Waals surface area contributed by atoms with Gasteiger partial charge in [-0.2, -0.15) is 0 Å². The summed E-state index contributed by atoms with van der Waals surface area (Å²) in [4.78, 5) is 10.1. The van der Waals surface area contributed by atoms with Crippen molar-refractivity contribution in [1.82, 2.24) is 5.32 Å². The molecule has 0 radical (unpaired) electrons. The molecule has 0 unspecified atom stereocenters. The molecule has 18 heavy (non-hydrogen) atoms. The molecule has 0 aliphatic heterocycles. The predicted octanol–water partition coefficient (Wildman–Crippen LogP) is 1.50. The number of rotatable bonds is 7. The van der Waals surface area contributed by atoms with Crippen molar-refractivity contribution in [3.8, 4) is 0 Å². The van der Waals surface area contributed by atoms with Gasteiger partial charge >= 0.3 is 0 Å². The molecule has 1 saturated carbocycles. The van der Waals surface area contributed by atoms with Gasteiger partial charge in [-0.05, 0) is 31.4 Å². The van der Waals surface area contributed by atoms with Crippen molar-refractivity contribution in [2.75, 3.05) is 19.7 Å². The predicted molar refractivity (Wildman–Crippen MR) is 68.4 cm³/mol. The van der Waals surface area contributed by atoms with Crippen LogP contribution in [0.2, 0.25) is 0 Å². The number of nitrogens with zero attached hydrogens (tertiary/aromatic N) is 1. The van der Waals surface area contributed by atoms with Crippen LogP contribution >= 0.6 is 0 Å². The van der Waals surface area contributed by atoms with E-state index in [1.165, 1.54) is 12.1 Å². The number of nitro benzene ring substituents is 1. The zero-order chi connectivity index (χ0) is 13.0. The van der Waals surface area contributed by atoms with E-state index in [2.05, 4.69) is 5.32 Å². The van der Waals surface area contributed by atoms with Crippen molar-refractivity contribution in [2.45, 2.75) is 19.3 Å². The highest BCUT2D eigenvalue weighted by atomic mass is 16.6. The van der Waals surface area contributed by atoms with Crippen LogP contribution < -0.4 is 5.32 Å². The van der Waals surface area contributed by atoms with Gasteiger partial charge in [0.05, 0.1) is 4.92 Å². The Bertz CT molecular complexity index is 413. The van der Waals surface area contributed by atoms with Crippen LogP contribution in [0.3, 0.4) is 0 Å². The molecule has 98 valence electrons. The van der Waals surface area contributed by atoms with Crippen LogP contribution in [0.5, 0.6) is 0 Å². The van der Waals surface area contributed by atoms with E-state index >= 15 is 0 Å². The number of aliphatic hydroxyl groups is 1. The zero-order valence-corrected chi connectivity index (χ0v) is 10.3. The molecular weight excluding hydrogens is 232 g/mol. The first-order chi connectivity index (χ1) is 8.65. The third-order valence-corrected chi connectivity index (χ3v) is 3.53. The normalized spacial score (nSPS) is 16.5. The van der Waals surface area contributed by atoms with Crippen LogP contribution in [0.4, 0.5) is 5.69 Å². The van der Waals surface area contributed by atoms with Gasteiger partial charge in [0.1, 0.15) is 0 Å². The quantitative estimate of drug-likeness (QED) is 0.437. The lowest BCUT2D eigenvalue weighted by molar-refractivity contribution is -0.384. The van der Waals surface area contributed by atoms with Gasteiger partial charge in [0.25, 0.3) is 5.69 Å². The molecule has 0 aromatic heterocycles. The number of non-ortho nitro benzene ring substituents is 1. The van der Waals surface area contributed by atoms with Crippen molar-refractivity contribution in [3.63, 3.8) is 0 Å². The Kier molecular flexibility index (Phi) is 3.93. The van der Waals surface area contributed by atoms with Crippen molar-refractivity contribution >= 4 is 5.69 Å². The Balaban J connectivity index is 1.71. The first-order valence-corrected chi connectivity index (χ1v) is 6.20. The van der Waals surface area contributed by atoms with E-state index in [1.807, 2.05) is 0 Å². The smallest absolute Gasteiger partial charge is 0.269 e. The Hall–Kier alpha value is -1.46. The molecule has 0 spiro atoms. The largest absolute Gasteiger partial charge is 0.396 e. The first-order valence-electron chi connectivity index (χ1n) is 6.20. The van der Waals surface area contributed by atoms with Gasteiger partial charge in [-0.3, -0.25) is 10.1 Å². The van der Waals surface area contributed by atoms with Crippen molar-refractivity contribution < 1.29 is 10.0 Å². The van der Waals surface area contributed by atoms with Crippen molar-refractivity contribution in [1.29, 1.82) is 0 Å². The van der Waals surface area contributed by atoms with Crippen molar-refractivity contribution in [3.05, 3.63) is 39.9 Å². The topological polar surface area (TPSA) is 75.4 Å². The van der Waals surface area contributed by atoms with E-state index in [1.54, 1.807) is 12.1 Å². The van der Waals surface area contributed by atoms with Gasteiger partial charge in [0.2, 0.25) is 0 Å². The minimum Gasteiger partial charge on any atom is -0.396 e. The highest BCUT2D eigenvalue weighted by molar-refractivity contribution is 5.32. The van der Waals surface area contributed by atoms with Crippen molar-refractivity contribution in [2.24, 2.45) is 5.41 Å². The lowest BCUT2D eigenvalue weighted by Crippen LogP contribution is -2.28. The molecule has 1 aliphatic rings. The molecule has 1 fully saturated rings. The molecule has 0 saturated heterocycles. The van der Waals surface area contributed by atoms with Crippen LogP contribution in [0, 0.1) is 15.5 Å². The Labute approximate surface area is 106 Å². The maximum Gasteiger partial charge on any atom is 0.269 e. The fourth-order valence-corrected chi connectivity index (χ4v) is 1.94. The summed E-state index contributed by atoms with van der Waals surface area (Å²) < 4.78 is 0. The molecular formula is C13H18N2O3. The molecule has 5 heteroatoms. The lowest BCUT2D eigenvalue weighted by Gasteiger charge is -2.12. The van der Waals surface area contributed by atoms with Crippen LogP contribution in [0.25, 0.3) is 0 Å². The summed E-state index contributed by atoms with van der Waals surface area (Å²) in [5.41, 5.74) is 1.35. The Morgan fingerprint density at radius 1 is 1.33 bits per heavy atom. The molecule has 1 aliphatic carbocycles. The average Bonchev–Trinajstić information content (AvgIpc) is 3.16. The summed E-state index contributed by atoms with van der Waals surface area (Å²) in [7, 11) is 0. The molecule has 5 nitrogen and oxygen atoms in total. The van der Waals surface area contributed by atoms with Crippen LogP contribution in [0.1, 0.15) is 18.4 Å². The van der Waals surface area contributed by atoms with Crippen LogP contribution in [-0.4, -0.2) is 29.7 Å². The van der Waals surface area contributed by atoms with E-state index < -0.39 is 0 Å². The summed E-state index contributed by atoms with van der Waals surface area (Å²) in [5, 5.41) is 23.0. The number of hydrogen-bond donors (Lipinski definition) is 2. The summed E-state index contributed by atoms with van der Waals surface area (Å²) in [6, 6.07) is 6.65. The van der Waals surface area contributed by atoms with Crippen LogP contribution in [-0.2, 0) is 6.42 Å². The number of nitro groups is 1. The Morgan fingerprint density at radius 2 is 2.00 bits per heavy atom. The third-order valence-electron chi connectivity index (χ3n) is 3.53. The second kappa shape index (κ2) is 5.46. The van der Waals surface area contributed by atoms with E-state index in [0.717, 1.165) is 37.9 Å². The number of nitrogens with one attached hydrogen (secondary N) is 1. The minimum absolute atomic E-state index is 0.129. The molecule has 0 amide bonds. The molecule has 2 N–H and O–H groups in total.